The lowest BCUT2D eigenvalue weighted by molar-refractivity contribution is 0.0726. The maximum absolute atomic E-state index is 13.4. The molecular weight excluding hydrogens is 436 g/mol. The monoisotopic (exact) mass is 462 g/mol. The van der Waals surface area contributed by atoms with Gasteiger partial charge in [-0.05, 0) is 60.7 Å². The van der Waals surface area contributed by atoms with Crippen LogP contribution in [0.1, 0.15) is 67.1 Å². The molecule has 7 nitrogen and oxygen atoms in total. The third-order valence-corrected chi connectivity index (χ3v) is 6.30. The van der Waals surface area contributed by atoms with Crippen molar-refractivity contribution in [3.8, 4) is 11.5 Å². The number of fused-ring (bicyclic) bond motifs is 1. The molecule has 2 aliphatic heterocycles. The van der Waals surface area contributed by atoms with Crippen molar-refractivity contribution in [3.05, 3.63) is 33.8 Å². The average molecular weight is 463 g/mol. The Morgan fingerprint density at radius 3 is 2.86 bits per heavy atom. The van der Waals surface area contributed by atoms with Gasteiger partial charge in [-0.3, -0.25) is 4.79 Å². The van der Waals surface area contributed by atoms with Gasteiger partial charge in [0.05, 0.1) is 24.2 Å². The summed E-state index contributed by atoms with van der Waals surface area (Å²) in [5.41, 5.74) is 0.583. The van der Waals surface area contributed by atoms with Crippen molar-refractivity contribution in [1.29, 1.82) is 0 Å². The van der Waals surface area contributed by atoms with E-state index in [0.29, 0.717) is 28.1 Å². The zero-order valence-electron chi connectivity index (χ0n) is 17.0. The third-order valence-electron chi connectivity index (χ3n) is 5.71. The predicted molar refractivity (Wildman–Crippen MR) is 112 cm³/mol. The number of nitrogens with zero attached hydrogens (tertiary/aromatic N) is 4. The molecule has 156 valence electrons. The number of aromatic nitrogens is 3. The molecule has 0 spiro atoms. The number of amides is 1. The number of likely N-dealkylation sites (tertiary alicyclic amines) is 1. The van der Waals surface area contributed by atoms with E-state index in [-0.39, 0.29) is 11.9 Å². The normalized spacial score (nSPS) is 19.0. The summed E-state index contributed by atoms with van der Waals surface area (Å²) in [5.74, 6) is 3.15. The van der Waals surface area contributed by atoms with Gasteiger partial charge < -0.3 is 18.9 Å². The lowest BCUT2D eigenvalue weighted by atomic mass is 10.1. The molecule has 1 aromatic carbocycles. The molecule has 2 aromatic rings. The Kier molecular flexibility index (Phi) is 6.08. The van der Waals surface area contributed by atoms with Crippen molar-refractivity contribution in [2.24, 2.45) is 0 Å². The smallest absolute Gasteiger partial charge is 0.254 e. The second-order valence-corrected chi connectivity index (χ2v) is 8.37. The molecule has 1 aromatic heterocycles. The Balaban J connectivity index is 1.64. The Morgan fingerprint density at radius 2 is 2.07 bits per heavy atom. The van der Waals surface area contributed by atoms with Gasteiger partial charge in [0.1, 0.15) is 5.82 Å². The van der Waals surface area contributed by atoms with E-state index in [0.717, 1.165) is 56.8 Å². The standard InChI is InChI=1S/C21H27BrN4O3/c1-3-29-19-15(22)12-14(13-17(19)28-2)21(27)25-11-7-8-16(25)20-24-23-18-9-5-4-6-10-26(18)20/h12-13,16H,3-11H2,1-2H3. The van der Waals surface area contributed by atoms with E-state index in [9.17, 15) is 4.79 Å². The summed E-state index contributed by atoms with van der Waals surface area (Å²) in [5, 5.41) is 8.93. The quantitative estimate of drug-likeness (QED) is 0.667. The number of carbonyl (C=O) groups excluding carboxylic acids is 1. The first-order valence-corrected chi connectivity index (χ1v) is 11.2. The first-order valence-electron chi connectivity index (χ1n) is 10.4. The molecule has 0 bridgehead atoms. The van der Waals surface area contributed by atoms with Crippen molar-refractivity contribution in [1.82, 2.24) is 19.7 Å². The zero-order valence-corrected chi connectivity index (χ0v) is 18.6. The molecule has 1 saturated heterocycles. The maximum atomic E-state index is 13.4. The minimum absolute atomic E-state index is 0.0134. The minimum Gasteiger partial charge on any atom is -0.493 e. The maximum Gasteiger partial charge on any atom is 0.254 e. The second-order valence-electron chi connectivity index (χ2n) is 7.52. The third kappa shape index (κ3) is 3.86. The van der Waals surface area contributed by atoms with Crippen LogP contribution < -0.4 is 9.47 Å². The SMILES string of the molecule is CCOc1c(Br)cc(C(=O)N2CCCC2c2nnc3n2CCCCC3)cc1OC. The summed E-state index contributed by atoms with van der Waals surface area (Å²) in [6.07, 6.45) is 6.37. The molecule has 1 amide bonds. The fourth-order valence-electron chi connectivity index (χ4n) is 4.33. The lowest BCUT2D eigenvalue weighted by Gasteiger charge is -2.25. The van der Waals surface area contributed by atoms with Crippen LogP contribution in [0, 0.1) is 0 Å². The topological polar surface area (TPSA) is 69.5 Å². The Labute approximate surface area is 179 Å². The summed E-state index contributed by atoms with van der Waals surface area (Å²) in [4.78, 5) is 15.4. The summed E-state index contributed by atoms with van der Waals surface area (Å²) in [6, 6.07) is 3.55. The van der Waals surface area contributed by atoms with Gasteiger partial charge in [0.25, 0.3) is 5.91 Å². The van der Waals surface area contributed by atoms with Gasteiger partial charge in [0.2, 0.25) is 0 Å². The van der Waals surface area contributed by atoms with E-state index in [4.69, 9.17) is 9.47 Å². The second kappa shape index (κ2) is 8.73. The highest BCUT2D eigenvalue weighted by Gasteiger charge is 2.35. The summed E-state index contributed by atoms with van der Waals surface area (Å²) in [6.45, 7) is 4.10. The van der Waals surface area contributed by atoms with Crippen LogP contribution in [0.2, 0.25) is 0 Å². The number of aryl methyl sites for hydroxylation is 1. The summed E-state index contributed by atoms with van der Waals surface area (Å²) in [7, 11) is 1.59. The summed E-state index contributed by atoms with van der Waals surface area (Å²) >= 11 is 3.53. The lowest BCUT2D eigenvalue weighted by Crippen LogP contribution is -2.32. The molecule has 1 atom stereocenters. The number of hydrogen-bond acceptors (Lipinski definition) is 5. The highest BCUT2D eigenvalue weighted by molar-refractivity contribution is 9.10. The highest BCUT2D eigenvalue weighted by atomic mass is 79.9. The highest BCUT2D eigenvalue weighted by Crippen LogP contribution is 2.39. The molecule has 4 rings (SSSR count). The molecule has 0 radical (unpaired) electrons. The summed E-state index contributed by atoms with van der Waals surface area (Å²) < 4.78 is 14.1. The van der Waals surface area contributed by atoms with Crippen molar-refractivity contribution < 1.29 is 14.3 Å². The number of carbonyl (C=O) groups is 1. The Bertz CT molecular complexity index is 898. The average Bonchev–Trinajstić information content (AvgIpc) is 3.29. The molecule has 0 saturated carbocycles. The van der Waals surface area contributed by atoms with Gasteiger partial charge in [0, 0.05) is 25.1 Å². The van der Waals surface area contributed by atoms with Crippen LogP contribution in [0.15, 0.2) is 16.6 Å². The van der Waals surface area contributed by atoms with E-state index < -0.39 is 0 Å². The predicted octanol–water partition coefficient (Wildman–Crippen LogP) is 4.15. The molecule has 3 heterocycles. The van der Waals surface area contributed by atoms with Crippen molar-refractivity contribution in [2.75, 3.05) is 20.3 Å². The number of benzene rings is 1. The molecule has 0 aliphatic carbocycles. The zero-order chi connectivity index (χ0) is 20.4. The van der Waals surface area contributed by atoms with Gasteiger partial charge in [-0.1, -0.05) is 6.42 Å². The fraction of sp³-hybridized carbons (Fsp3) is 0.571. The molecular formula is C21H27BrN4O3. The van der Waals surface area contributed by atoms with Crippen molar-refractivity contribution in [3.63, 3.8) is 0 Å². The van der Waals surface area contributed by atoms with E-state index in [2.05, 4.69) is 30.7 Å². The van der Waals surface area contributed by atoms with E-state index in [1.54, 1.807) is 13.2 Å². The van der Waals surface area contributed by atoms with E-state index >= 15 is 0 Å². The van der Waals surface area contributed by atoms with Gasteiger partial charge in [0.15, 0.2) is 17.3 Å². The molecule has 1 fully saturated rings. The number of halogens is 1. The molecule has 8 heteroatoms. The van der Waals surface area contributed by atoms with Gasteiger partial charge >= 0.3 is 0 Å². The van der Waals surface area contributed by atoms with E-state index in [1.165, 1.54) is 6.42 Å². The van der Waals surface area contributed by atoms with E-state index in [1.807, 2.05) is 17.9 Å². The largest absolute Gasteiger partial charge is 0.493 e. The number of ether oxygens (including phenoxy) is 2. The molecule has 1 unspecified atom stereocenters. The molecule has 2 aliphatic rings. The van der Waals surface area contributed by atoms with Gasteiger partial charge in [-0.25, -0.2) is 0 Å². The number of methoxy groups -OCH3 is 1. The Hall–Kier alpha value is -2.09. The van der Waals surface area contributed by atoms with Crippen molar-refractivity contribution in [2.45, 2.75) is 58.0 Å². The van der Waals surface area contributed by atoms with Crippen molar-refractivity contribution >= 4 is 21.8 Å². The number of rotatable bonds is 5. The van der Waals surface area contributed by atoms with Gasteiger partial charge in [-0.2, -0.15) is 0 Å². The van der Waals surface area contributed by atoms with Crippen LogP contribution in [-0.2, 0) is 13.0 Å². The van der Waals surface area contributed by atoms with Crippen LogP contribution >= 0.6 is 15.9 Å². The molecule has 29 heavy (non-hydrogen) atoms. The van der Waals surface area contributed by atoms with Crippen LogP contribution in [-0.4, -0.2) is 45.8 Å². The Morgan fingerprint density at radius 1 is 1.21 bits per heavy atom. The minimum atomic E-state index is -0.0295. The molecule has 0 N–H and O–H groups in total. The fourth-order valence-corrected chi connectivity index (χ4v) is 4.88. The van der Waals surface area contributed by atoms with Crippen LogP contribution in [0.5, 0.6) is 11.5 Å². The van der Waals surface area contributed by atoms with Crippen LogP contribution in [0.25, 0.3) is 0 Å². The van der Waals surface area contributed by atoms with Crippen LogP contribution in [0.4, 0.5) is 0 Å². The number of hydrogen-bond donors (Lipinski definition) is 0. The van der Waals surface area contributed by atoms with Crippen LogP contribution in [0.3, 0.4) is 0 Å². The first kappa shape index (κ1) is 20.2. The van der Waals surface area contributed by atoms with Gasteiger partial charge in [-0.15, -0.1) is 10.2 Å². The first-order chi connectivity index (χ1) is 14.1.